The Labute approximate surface area is 237 Å². The SMILES string of the molecule is COc1nc(NC2CCc3c(-c4cc(-c5nc(OC)c(C=O)cc5Cl)ccn4)cccc32)c(C(F)(F)F)cc1C=O. The van der Waals surface area contributed by atoms with Crippen LogP contribution in [0, 0.1) is 0 Å². The number of benzene rings is 1. The van der Waals surface area contributed by atoms with Crippen molar-refractivity contribution in [3.05, 3.63) is 81.5 Å². The van der Waals surface area contributed by atoms with Crippen molar-refractivity contribution >= 4 is 30.0 Å². The summed E-state index contributed by atoms with van der Waals surface area (Å²) < 4.78 is 51.9. The van der Waals surface area contributed by atoms with Gasteiger partial charge in [0.1, 0.15) is 5.82 Å². The molecule has 0 bridgehead atoms. The second kappa shape index (κ2) is 11.2. The van der Waals surface area contributed by atoms with E-state index < -0.39 is 23.6 Å². The van der Waals surface area contributed by atoms with Crippen LogP contribution in [-0.4, -0.2) is 41.7 Å². The number of methoxy groups -OCH3 is 2. The van der Waals surface area contributed by atoms with Crippen molar-refractivity contribution < 1.29 is 32.2 Å². The molecule has 0 saturated heterocycles. The summed E-state index contributed by atoms with van der Waals surface area (Å²) in [5, 5.41) is 3.19. The molecule has 0 spiro atoms. The third-order valence-electron chi connectivity index (χ3n) is 6.82. The number of nitrogens with zero attached hydrogens (tertiary/aromatic N) is 3. The molecule has 0 radical (unpaired) electrons. The number of nitrogens with one attached hydrogen (secondary N) is 1. The van der Waals surface area contributed by atoms with Gasteiger partial charge < -0.3 is 14.8 Å². The van der Waals surface area contributed by atoms with Crippen LogP contribution in [0.15, 0.2) is 48.7 Å². The number of ether oxygens (including phenoxy) is 2. The summed E-state index contributed by atoms with van der Waals surface area (Å²) in [6, 6.07) is 10.8. The molecule has 1 aromatic carbocycles. The molecule has 1 aliphatic carbocycles. The second-order valence-corrected chi connectivity index (χ2v) is 9.58. The number of alkyl halides is 3. The Hall–Kier alpha value is -4.51. The molecule has 4 aromatic rings. The van der Waals surface area contributed by atoms with Gasteiger partial charge in [0, 0.05) is 17.3 Å². The number of anilines is 1. The normalized spacial score (nSPS) is 14.3. The number of fused-ring (bicyclic) bond motifs is 1. The number of carbonyl (C=O) groups excluding carboxylic acids is 2. The molecule has 1 N–H and O–H groups in total. The van der Waals surface area contributed by atoms with E-state index >= 15 is 0 Å². The van der Waals surface area contributed by atoms with Gasteiger partial charge in [-0.1, -0.05) is 29.8 Å². The van der Waals surface area contributed by atoms with Crippen LogP contribution in [0.3, 0.4) is 0 Å². The third-order valence-corrected chi connectivity index (χ3v) is 7.11. The maximum absolute atomic E-state index is 13.9. The summed E-state index contributed by atoms with van der Waals surface area (Å²) in [6.07, 6.45) is -1.18. The summed E-state index contributed by atoms with van der Waals surface area (Å²) in [5.74, 6) is -0.484. The van der Waals surface area contributed by atoms with Crippen LogP contribution in [0.1, 0.15) is 49.9 Å². The average molecular weight is 583 g/mol. The lowest BCUT2D eigenvalue weighted by molar-refractivity contribution is -0.137. The van der Waals surface area contributed by atoms with Crippen molar-refractivity contribution in [3.63, 3.8) is 0 Å². The Balaban J connectivity index is 1.52. The Morgan fingerprint density at radius 3 is 2.39 bits per heavy atom. The quantitative estimate of drug-likeness (QED) is 0.231. The molecule has 41 heavy (non-hydrogen) atoms. The van der Waals surface area contributed by atoms with Gasteiger partial charge in [0.05, 0.1) is 53.4 Å². The van der Waals surface area contributed by atoms with Crippen LogP contribution in [-0.2, 0) is 12.6 Å². The number of hydrogen-bond acceptors (Lipinski definition) is 8. The highest BCUT2D eigenvalue weighted by atomic mass is 35.5. The van der Waals surface area contributed by atoms with Crippen molar-refractivity contribution in [2.45, 2.75) is 25.1 Å². The monoisotopic (exact) mass is 582 g/mol. The fraction of sp³-hybridized carbons (Fsp3) is 0.207. The van der Waals surface area contributed by atoms with Crippen molar-refractivity contribution in [3.8, 4) is 34.3 Å². The van der Waals surface area contributed by atoms with Crippen LogP contribution in [0.2, 0.25) is 5.02 Å². The number of rotatable bonds is 8. The molecule has 0 saturated carbocycles. The Bertz CT molecular complexity index is 1660. The molecule has 0 fully saturated rings. The standard InChI is InChI=1S/C29H22ClF3N4O4/c1-40-27-17(14-39)11-22(30)25(36-27)15-8-9-34-24(12-15)20-5-3-4-19-18(20)6-7-23(19)35-26-21(29(31,32)33)10-16(13-38)28(37-26)41-2/h3-5,8-14,23H,6-7H2,1-2H3,(H,35,37). The highest BCUT2D eigenvalue weighted by Crippen LogP contribution is 2.43. The highest BCUT2D eigenvalue weighted by molar-refractivity contribution is 6.33. The predicted octanol–water partition coefficient (Wildman–Crippen LogP) is 6.62. The maximum atomic E-state index is 13.9. The molecule has 0 aliphatic heterocycles. The fourth-order valence-corrected chi connectivity index (χ4v) is 5.23. The van der Waals surface area contributed by atoms with E-state index in [9.17, 15) is 22.8 Å². The summed E-state index contributed by atoms with van der Waals surface area (Å²) in [6.45, 7) is 0. The predicted molar refractivity (Wildman–Crippen MR) is 146 cm³/mol. The van der Waals surface area contributed by atoms with Crippen molar-refractivity contribution in [1.82, 2.24) is 15.0 Å². The van der Waals surface area contributed by atoms with E-state index in [0.717, 1.165) is 22.8 Å². The van der Waals surface area contributed by atoms with Crippen LogP contribution in [0.25, 0.3) is 22.5 Å². The summed E-state index contributed by atoms with van der Waals surface area (Å²) in [7, 11) is 2.64. The zero-order valence-electron chi connectivity index (χ0n) is 21.8. The topological polar surface area (TPSA) is 103 Å². The Kier molecular flexibility index (Phi) is 7.63. The van der Waals surface area contributed by atoms with E-state index in [0.29, 0.717) is 36.1 Å². The van der Waals surface area contributed by atoms with E-state index in [2.05, 4.69) is 20.3 Å². The van der Waals surface area contributed by atoms with Gasteiger partial charge in [-0.3, -0.25) is 14.6 Å². The van der Waals surface area contributed by atoms with Gasteiger partial charge in [0.15, 0.2) is 12.6 Å². The molecule has 8 nitrogen and oxygen atoms in total. The van der Waals surface area contributed by atoms with E-state index in [4.69, 9.17) is 21.1 Å². The molecule has 1 atom stereocenters. The van der Waals surface area contributed by atoms with Crippen LogP contribution in [0.4, 0.5) is 19.0 Å². The summed E-state index contributed by atoms with van der Waals surface area (Å²) in [5.41, 5.74) is 3.06. The number of aldehydes is 2. The van der Waals surface area contributed by atoms with Crippen molar-refractivity contribution in [2.24, 2.45) is 0 Å². The Morgan fingerprint density at radius 2 is 1.71 bits per heavy atom. The molecular weight excluding hydrogens is 561 g/mol. The van der Waals surface area contributed by atoms with Gasteiger partial charge in [-0.25, -0.2) is 4.98 Å². The minimum Gasteiger partial charge on any atom is -0.480 e. The van der Waals surface area contributed by atoms with E-state index in [1.165, 1.54) is 20.3 Å². The molecular formula is C29H22ClF3N4O4. The number of halogens is 4. The Morgan fingerprint density at radius 1 is 1.00 bits per heavy atom. The van der Waals surface area contributed by atoms with E-state index in [-0.39, 0.29) is 34.2 Å². The number of hydrogen-bond donors (Lipinski definition) is 1. The largest absolute Gasteiger partial charge is 0.480 e. The van der Waals surface area contributed by atoms with Crippen LogP contribution < -0.4 is 14.8 Å². The first-order valence-electron chi connectivity index (χ1n) is 12.3. The van der Waals surface area contributed by atoms with E-state index in [1.54, 1.807) is 18.3 Å². The first-order chi connectivity index (χ1) is 19.7. The van der Waals surface area contributed by atoms with Crippen LogP contribution >= 0.6 is 11.6 Å². The lowest BCUT2D eigenvalue weighted by Gasteiger charge is -2.20. The van der Waals surface area contributed by atoms with Gasteiger partial charge in [0.25, 0.3) is 0 Å². The highest BCUT2D eigenvalue weighted by Gasteiger charge is 2.37. The van der Waals surface area contributed by atoms with Crippen molar-refractivity contribution in [1.29, 1.82) is 0 Å². The molecule has 1 aliphatic rings. The van der Waals surface area contributed by atoms with Gasteiger partial charge in [-0.05, 0) is 48.2 Å². The van der Waals surface area contributed by atoms with Gasteiger partial charge in [-0.15, -0.1) is 0 Å². The molecule has 1 unspecified atom stereocenters. The molecule has 5 rings (SSSR count). The van der Waals surface area contributed by atoms with E-state index in [1.807, 2.05) is 18.2 Å². The number of aromatic nitrogens is 3. The molecule has 0 amide bonds. The smallest absolute Gasteiger partial charge is 0.419 e. The minimum absolute atomic E-state index is 0.136. The number of pyridine rings is 3. The molecule has 210 valence electrons. The second-order valence-electron chi connectivity index (χ2n) is 9.17. The first-order valence-corrected chi connectivity index (χ1v) is 12.7. The zero-order valence-corrected chi connectivity index (χ0v) is 22.5. The molecule has 3 aromatic heterocycles. The summed E-state index contributed by atoms with van der Waals surface area (Å²) in [4.78, 5) is 35.5. The lowest BCUT2D eigenvalue weighted by atomic mass is 9.98. The van der Waals surface area contributed by atoms with Gasteiger partial charge in [-0.2, -0.15) is 18.2 Å². The minimum atomic E-state index is -4.74. The zero-order chi connectivity index (χ0) is 29.3. The van der Waals surface area contributed by atoms with Gasteiger partial charge in [0.2, 0.25) is 11.8 Å². The summed E-state index contributed by atoms with van der Waals surface area (Å²) >= 11 is 6.43. The number of carbonyl (C=O) groups is 2. The third kappa shape index (κ3) is 5.32. The molecule has 12 heteroatoms. The van der Waals surface area contributed by atoms with Crippen LogP contribution in [0.5, 0.6) is 11.8 Å². The maximum Gasteiger partial charge on any atom is 0.419 e. The fourth-order valence-electron chi connectivity index (χ4n) is 4.96. The van der Waals surface area contributed by atoms with Gasteiger partial charge >= 0.3 is 6.18 Å². The average Bonchev–Trinajstić information content (AvgIpc) is 3.38. The molecule has 3 heterocycles. The lowest BCUT2D eigenvalue weighted by Crippen LogP contribution is -2.16. The first kappa shape index (κ1) is 28.0. The van der Waals surface area contributed by atoms with Crippen molar-refractivity contribution in [2.75, 3.05) is 19.5 Å².